The molecule has 152 valence electrons. The second kappa shape index (κ2) is 7.92. The molecule has 1 aliphatic carbocycles. The van der Waals surface area contributed by atoms with Crippen LogP contribution in [0.5, 0.6) is 5.75 Å². The van der Waals surface area contributed by atoms with Crippen molar-refractivity contribution in [3.63, 3.8) is 0 Å². The number of hydrogen-bond acceptors (Lipinski definition) is 8. The predicted molar refractivity (Wildman–Crippen MR) is 107 cm³/mol. The van der Waals surface area contributed by atoms with Gasteiger partial charge in [0, 0.05) is 12.5 Å². The minimum absolute atomic E-state index is 0.174. The molecular weight excluding hydrogens is 397 g/mol. The van der Waals surface area contributed by atoms with Gasteiger partial charge in [-0.05, 0) is 37.5 Å². The zero-order valence-electron chi connectivity index (χ0n) is 15.9. The number of halogens is 1. The maximum absolute atomic E-state index is 13.9. The third kappa shape index (κ3) is 3.88. The lowest BCUT2D eigenvalue weighted by atomic mass is 10.2. The quantitative estimate of drug-likeness (QED) is 0.607. The van der Waals surface area contributed by atoms with Crippen LogP contribution in [0.25, 0.3) is 10.2 Å². The summed E-state index contributed by atoms with van der Waals surface area (Å²) in [7, 11) is 1.33. The van der Waals surface area contributed by atoms with Crippen molar-refractivity contribution in [1.82, 2.24) is 9.97 Å². The van der Waals surface area contributed by atoms with E-state index in [1.54, 1.807) is 6.07 Å². The number of anilines is 2. The Morgan fingerprint density at radius 3 is 2.90 bits per heavy atom. The largest absolute Gasteiger partial charge is 0.488 e. The van der Waals surface area contributed by atoms with Gasteiger partial charge in [0.15, 0.2) is 0 Å². The Morgan fingerprint density at radius 2 is 2.17 bits per heavy atom. The molecule has 0 spiro atoms. The number of nitrogens with one attached hydrogen (secondary N) is 1. The highest BCUT2D eigenvalue weighted by atomic mass is 32.1. The van der Waals surface area contributed by atoms with Gasteiger partial charge in [0.25, 0.3) is 0 Å². The second-order valence-corrected chi connectivity index (χ2v) is 7.92. The average molecular weight is 417 g/mol. The Labute approximate surface area is 170 Å². The number of hydrogen-bond donors (Lipinski definition) is 2. The highest BCUT2D eigenvalue weighted by Gasteiger charge is 2.26. The molecule has 2 atom stereocenters. The van der Waals surface area contributed by atoms with Crippen LogP contribution in [-0.2, 0) is 4.74 Å². The summed E-state index contributed by atoms with van der Waals surface area (Å²) in [5.74, 6) is -0.0163. The molecule has 2 heterocycles. The number of thiophene rings is 1. The van der Waals surface area contributed by atoms with Crippen molar-refractivity contribution >= 4 is 39.0 Å². The standard InChI is InChI=1S/C20H20FN3O4S/c1-10-16-18(22-9-23-19(16)29-17(10)20(26)27-2)24-14-6-3-11(21)7-15(14)28-13-5-4-12(25)8-13/h3,6-7,9,12-13,25H,4-5,8H2,1-2H3,(H,22,23,24). The van der Waals surface area contributed by atoms with Crippen LogP contribution in [0, 0.1) is 12.7 Å². The number of benzene rings is 1. The van der Waals surface area contributed by atoms with Crippen molar-refractivity contribution < 1.29 is 23.8 Å². The van der Waals surface area contributed by atoms with E-state index in [1.165, 1.54) is 36.9 Å². The van der Waals surface area contributed by atoms with Crippen molar-refractivity contribution in [2.45, 2.75) is 38.4 Å². The first-order valence-electron chi connectivity index (χ1n) is 9.20. The first kappa shape index (κ1) is 19.5. The lowest BCUT2D eigenvalue weighted by Gasteiger charge is -2.18. The number of carbonyl (C=O) groups is 1. The van der Waals surface area contributed by atoms with E-state index >= 15 is 0 Å². The highest BCUT2D eigenvalue weighted by Crippen LogP contribution is 2.37. The number of aryl methyl sites for hydroxylation is 1. The van der Waals surface area contributed by atoms with E-state index in [2.05, 4.69) is 15.3 Å². The molecule has 4 rings (SSSR count). The van der Waals surface area contributed by atoms with Gasteiger partial charge in [0.1, 0.15) is 39.5 Å². The summed E-state index contributed by atoms with van der Waals surface area (Å²) in [5.41, 5.74) is 1.25. The molecule has 1 fully saturated rings. The molecule has 2 N–H and O–H groups in total. The fourth-order valence-electron chi connectivity index (χ4n) is 3.48. The number of methoxy groups -OCH3 is 1. The summed E-state index contributed by atoms with van der Waals surface area (Å²) in [6, 6.07) is 4.22. The first-order valence-corrected chi connectivity index (χ1v) is 10.0. The second-order valence-electron chi connectivity index (χ2n) is 6.92. The Bertz CT molecular complexity index is 1070. The van der Waals surface area contributed by atoms with Gasteiger partial charge in [-0.3, -0.25) is 0 Å². The molecule has 2 aromatic heterocycles. The van der Waals surface area contributed by atoms with E-state index in [9.17, 15) is 14.3 Å². The van der Waals surface area contributed by atoms with E-state index < -0.39 is 17.9 Å². The van der Waals surface area contributed by atoms with Gasteiger partial charge < -0.3 is 19.9 Å². The number of nitrogens with zero attached hydrogens (tertiary/aromatic N) is 2. The van der Waals surface area contributed by atoms with Gasteiger partial charge in [0.2, 0.25) is 0 Å². The highest BCUT2D eigenvalue weighted by molar-refractivity contribution is 7.20. The maximum atomic E-state index is 13.9. The SMILES string of the molecule is COC(=O)c1sc2ncnc(Nc3ccc(F)cc3OC3CCC(O)C3)c2c1C. The zero-order valence-corrected chi connectivity index (χ0v) is 16.8. The van der Waals surface area contributed by atoms with Gasteiger partial charge in [-0.15, -0.1) is 11.3 Å². The summed E-state index contributed by atoms with van der Waals surface area (Å²) < 4.78 is 24.6. The van der Waals surface area contributed by atoms with Gasteiger partial charge in [-0.2, -0.15) is 0 Å². The monoisotopic (exact) mass is 417 g/mol. The molecule has 0 aliphatic heterocycles. The molecule has 3 aromatic rings. The van der Waals surface area contributed by atoms with E-state index in [0.717, 1.165) is 0 Å². The van der Waals surface area contributed by atoms with Crippen molar-refractivity contribution in [3.8, 4) is 5.75 Å². The number of esters is 1. The molecule has 2 unspecified atom stereocenters. The zero-order chi connectivity index (χ0) is 20.5. The van der Waals surface area contributed by atoms with Crippen molar-refractivity contribution in [2.75, 3.05) is 12.4 Å². The Balaban J connectivity index is 1.70. The number of carbonyl (C=O) groups excluding carboxylic acids is 1. The number of rotatable bonds is 5. The van der Waals surface area contributed by atoms with E-state index in [1.807, 2.05) is 6.92 Å². The fraction of sp³-hybridized carbons (Fsp3) is 0.350. The van der Waals surface area contributed by atoms with Crippen LogP contribution in [0.15, 0.2) is 24.5 Å². The Kier molecular flexibility index (Phi) is 5.33. The molecule has 29 heavy (non-hydrogen) atoms. The molecule has 0 amide bonds. The number of aromatic nitrogens is 2. The van der Waals surface area contributed by atoms with Gasteiger partial charge in [-0.25, -0.2) is 19.2 Å². The number of aliphatic hydroxyl groups excluding tert-OH is 1. The lowest BCUT2D eigenvalue weighted by Crippen LogP contribution is -2.14. The smallest absolute Gasteiger partial charge is 0.348 e. The van der Waals surface area contributed by atoms with Crippen LogP contribution in [0.1, 0.15) is 34.5 Å². The van der Waals surface area contributed by atoms with E-state index in [0.29, 0.717) is 57.2 Å². The molecule has 1 aromatic carbocycles. The van der Waals surface area contributed by atoms with Crippen molar-refractivity contribution in [1.29, 1.82) is 0 Å². The van der Waals surface area contributed by atoms with E-state index in [4.69, 9.17) is 9.47 Å². The van der Waals surface area contributed by atoms with Crippen LogP contribution < -0.4 is 10.1 Å². The predicted octanol–water partition coefficient (Wildman–Crippen LogP) is 3.96. The maximum Gasteiger partial charge on any atom is 0.348 e. The Morgan fingerprint density at radius 1 is 1.34 bits per heavy atom. The molecule has 1 saturated carbocycles. The number of aliphatic hydroxyl groups is 1. The third-order valence-corrected chi connectivity index (χ3v) is 6.12. The normalized spacial score (nSPS) is 18.8. The Hall–Kier alpha value is -2.78. The van der Waals surface area contributed by atoms with Crippen LogP contribution in [-0.4, -0.2) is 40.4 Å². The topological polar surface area (TPSA) is 93.6 Å². The van der Waals surface area contributed by atoms with Crippen molar-refractivity contribution in [3.05, 3.63) is 40.8 Å². The lowest BCUT2D eigenvalue weighted by molar-refractivity contribution is 0.0605. The molecule has 0 saturated heterocycles. The molecule has 0 bridgehead atoms. The van der Waals surface area contributed by atoms with Gasteiger partial charge in [0.05, 0.1) is 24.3 Å². The third-order valence-electron chi connectivity index (χ3n) is 4.94. The first-order chi connectivity index (χ1) is 14.0. The summed E-state index contributed by atoms with van der Waals surface area (Å²) in [4.78, 5) is 21.7. The minimum atomic E-state index is -0.429. The molecule has 7 nitrogen and oxygen atoms in total. The number of ether oxygens (including phenoxy) is 2. The molecule has 9 heteroatoms. The molecular formula is C20H20FN3O4S. The molecule has 1 aliphatic rings. The summed E-state index contributed by atoms with van der Waals surface area (Å²) in [6.07, 6.45) is 2.72. The summed E-state index contributed by atoms with van der Waals surface area (Å²) in [5, 5.41) is 13.6. The van der Waals surface area contributed by atoms with Gasteiger partial charge >= 0.3 is 5.97 Å². The van der Waals surface area contributed by atoms with E-state index in [-0.39, 0.29) is 6.10 Å². The molecule has 0 radical (unpaired) electrons. The summed E-state index contributed by atoms with van der Waals surface area (Å²) >= 11 is 1.23. The van der Waals surface area contributed by atoms with Crippen LogP contribution in [0.2, 0.25) is 0 Å². The fourth-order valence-corrected chi connectivity index (χ4v) is 4.55. The summed E-state index contributed by atoms with van der Waals surface area (Å²) in [6.45, 7) is 1.81. The minimum Gasteiger partial charge on any atom is -0.488 e. The van der Waals surface area contributed by atoms with Crippen LogP contribution >= 0.6 is 11.3 Å². The average Bonchev–Trinajstić information content (AvgIpc) is 3.27. The van der Waals surface area contributed by atoms with Crippen molar-refractivity contribution in [2.24, 2.45) is 0 Å². The van der Waals surface area contributed by atoms with Crippen LogP contribution in [0.3, 0.4) is 0 Å². The number of fused-ring (bicyclic) bond motifs is 1. The van der Waals surface area contributed by atoms with Crippen LogP contribution in [0.4, 0.5) is 15.9 Å². The van der Waals surface area contributed by atoms with Gasteiger partial charge in [-0.1, -0.05) is 0 Å².